The SMILES string of the molecule is CC(C)(C)OCCNC(=O)NC1(C(=O)O)CCOCC1. The highest BCUT2D eigenvalue weighted by Gasteiger charge is 2.41. The quantitative estimate of drug-likeness (QED) is 0.648. The van der Waals surface area contributed by atoms with Gasteiger partial charge in [-0.15, -0.1) is 0 Å². The normalized spacial score (nSPS) is 18.4. The molecular formula is C13H24N2O5. The first-order valence-corrected chi connectivity index (χ1v) is 6.76. The first-order valence-electron chi connectivity index (χ1n) is 6.76. The lowest BCUT2D eigenvalue weighted by Gasteiger charge is -2.33. The van der Waals surface area contributed by atoms with Crippen LogP contribution in [0, 0.1) is 0 Å². The maximum Gasteiger partial charge on any atom is 0.329 e. The van der Waals surface area contributed by atoms with Crippen LogP contribution in [0.15, 0.2) is 0 Å². The zero-order valence-corrected chi connectivity index (χ0v) is 12.3. The van der Waals surface area contributed by atoms with Crippen molar-refractivity contribution in [1.29, 1.82) is 0 Å². The van der Waals surface area contributed by atoms with E-state index in [2.05, 4.69) is 10.6 Å². The van der Waals surface area contributed by atoms with Crippen LogP contribution >= 0.6 is 0 Å². The minimum atomic E-state index is -1.23. The lowest BCUT2D eigenvalue weighted by molar-refractivity contribution is -0.148. The first-order chi connectivity index (χ1) is 9.25. The molecule has 2 amide bonds. The van der Waals surface area contributed by atoms with Crippen LogP contribution in [-0.4, -0.2) is 54.6 Å². The number of urea groups is 1. The van der Waals surface area contributed by atoms with E-state index in [0.29, 0.717) is 26.4 Å². The van der Waals surface area contributed by atoms with Gasteiger partial charge in [-0.1, -0.05) is 0 Å². The Morgan fingerprint density at radius 3 is 2.40 bits per heavy atom. The number of ether oxygens (including phenoxy) is 2. The highest BCUT2D eigenvalue weighted by molar-refractivity contribution is 5.86. The Hall–Kier alpha value is -1.34. The van der Waals surface area contributed by atoms with Gasteiger partial charge in [0, 0.05) is 32.6 Å². The van der Waals surface area contributed by atoms with Gasteiger partial charge in [0.25, 0.3) is 0 Å². The standard InChI is InChI=1S/C13H24N2O5/c1-12(2,3)20-9-6-14-11(18)15-13(10(16)17)4-7-19-8-5-13/h4-9H2,1-3H3,(H,16,17)(H2,14,15,18). The Morgan fingerprint density at radius 1 is 1.30 bits per heavy atom. The molecule has 1 fully saturated rings. The van der Waals surface area contributed by atoms with E-state index < -0.39 is 17.5 Å². The predicted octanol–water partition coefficient (Wildman–Crippen LogP) is 0.735. The van der Waals surface area contributed by atoms with Crippen molar-refractivity contribution in [3.63, 3.8) is 0 Å². The predicted molar refractivity (Wildman–Crippen MR) is 72.7 cm³/mol. The lowest BCUT2D eigenvalue weighted by atomic mass is 9.90. The largest absolute Gasteiger partial charge is 0.480 e. The Balaban J connectivity index is 2.37. The molecule has 0 aliphatic carbocycles. The van der Waals surface area contributed by atoms with Crippen LogP contribution in [0.25, 0.3) is 0 Å². The van der Waals surface area contributed by atoms with Crippen LogP contribution in [0.5, 0.6) is 0 Å². The molecule has 1 aliphatic rings. The summed E-state index contributed by atoms with van der Waals surface area (Å²) in [5, 5.41) is 14.4. The third kappa shape index (κ3) is 5.34. The molecule has 0 spiro atoms. The summed E-state index contributed by atoms with van der Waals surface area (Å²) in [6, 6.07) is -0.494. The molecule has 20 heavy (non-hydrogen) atoms. The lowest BCUT2D eigenvalue weighted by Crippen LogP contribution is -2.59. The average molecular weight is 288 g/mol. The fourth-order valence-electron chi connectivity index (χ4n) is 1.90. The molecule has 7 nitrogen and oxygen atoms in total. The van der Waals surface area contributed by atoms with Crippen molar-refractivity contribution in [2.24, 2.45) is 0 Å². The summed E-state index contributed by atoms with van der Waals surface area (Å²) in [6.45, 7) is 7.15. The molecule has 0 aromatic carbocycles. The Bertz CT molecular complexity index is 345. The number of nitrogens with one attached hydrogen (secondary N) is 2. The molecule has 3 N–H and O–H groups in total. The van der Waals surface area contributed by atoms with E-state index in [1.165, 1.54) is 0 Å². The van der Waals surface area contributed by atoms with Gasteiger partial charge < -0.3 is 25.2 Å². The first kappa shape index (κ1) is 16.7. The van der Waals surface area contributed by atoms with Crippen LogP contribution in [0.3, 0.4) is 0 Å². The van der Waals surface area contributed by atoms with Crippen LogP contribution < -0.4 is 10.6 Å². The molecule has 0 radical (unpaired) electrons. The fraction of sp³-hybridized carbons (Fsp3) is 0.846. The van der Waals surface area contributed by atoms with Crippen molar-refractivity contribution >= 4 is 12.0 Å². The van der Waals surface area contributed by atoms with E-state index in [1.54, 1.807) is 0 Å². The zero-order valence-electron chi connectivity index (χ0n) is 12.3. The Labute approximate surface area is 119 Å². The van der Waals surface area contributed by atoms with Crippen molar-refractivity contribution < 1.29 is 24.2 Å². The van der Waals surface area contributed by atoms with Gasteiger partial charge in [0.1, 0.15) is 5.54 Å². The molecule has 0 aromatic rings. The van der Waals surface area contributed by atoms with Crippen LogP contribution in [0.2, 0.25) is 0 Å². The monoisotopic (exact) mass is 288 g/mol. The van der Waals surface area contributed by atoms with E-state index >= 15 is 0 Å². The molecule has 1 heterocycles. The maximum absolute atomic E-state index is 11.8. The summed E-state index contributed by atoms with van der Waals surface area (Å²) >= 11 is 0. The number of carbonyl (C=O) groups excluding carboxylic acids is 1. The molecule has 0 aromatic heterocycles. The van der Waals surface area contributed by atoms with Crippen molar-refractivity contribution in [2.75, 3.05) is 26.4 Å². The van der Waals surface area contributed by atoms with Crippen molar-refractivity contribution in [1.82, 2.24) is 10.6 Å². The fourth-order valence-corrected chi connectivity index (χ4v) is 1.90. The molecule has 0 atom stereocenters. The Morgan fingerprint density at radius 2 is 1.90 bits per heavy atom. The van der Waals surface area contributed by atoms with Gasteiger partial charge in [-0.3, -0.25) is 0 Å². The number of carboxylic acid groups (broad SMARTS) is 1. The maximum atomic E-state index is 11.8. The summed E-state index contributed by atoms with van der Waals surface area (Å²) in [5.74, 6) is -1.03. The molecule has 116 valence electrons. The molecule has 1 aliphatic heterocycles. The number of aliphatic carboxylic acids is 1. The molecule has 7 heteroatoms. The minimum Gasteiger partial charge on any atom is -0.480 e. The molecule has 1 saturated heterocycles. The molecule has 0 unspecified atom stereocenters. The number of amides is 2. The van der Waals surface area contributed by atoms with E-state index in [0.717, 1.165) is 0 Å². The van der Waals surface area contributed by atoms with Gasteiger partial charge in [0.2, 0.25) is 0 Å². The van der Waals surface area contributed by atoms with Crippen LogP contribution in [0.1, 0.15) is 33.6 Å². The van der Waals surface area contributed by atoms with Gasteiger partial charge >= 0.3 is 12.0 Å². The highest BCUT2D eigenvalue weighted by atomic mass is 16.5. The van der Waals surface area contributed by atoms with Gasteiger partial charge in [-0.2, -0.15) is 0 Å². The average Bonchev–Trinajstić information content (AvgIpc) is 2.34. The number of rotatable bonds is 5. The summed E-state index contributed by atoms with van der Waals surface area (Å²) in [7, 11) is 0. The van der Waals surface area contributed by atoms with E-state index in [1.807, 2.05) is 20.8 Å². The van der Waals surface area contributed by atoms with Crippen molar-refractivity contribution in [2.45, 2.75) is 44.8 Å². The Kier molecular flexibility index (Phi) is 5.76. The summed E-state index contributed by atoms with van der Waals surface area (Å²) in [6.07, 6.45) is 0.544. The summed E-state index contributed by atoms with van der Waals surface area (Å²) in [4.78, 5) is 23.1. The van der Waals surface area contributed by atoms with Crippen molar-refractivity contribution in [3.8, 4) is 0 Å². The smallest absolute Gasteiger partial charge is 0.329 e. The van der Waals surface area contributed by atoms with Crippen molar-refractivity contribution in [3.05, 3.63) is 0 Å². The third-order valence-corrected chi connectivity index (χ3v) is 3.03. The van der Waals surface area contributed by atoms with Gasteiger partial charge in [0.05, 0.1) is 12.2 Å². The van der Waals surface area contributed by atoms with Gasteiger partial charge in [-0.05, 0) is 20.8 Å². The number of hydrogen-bond donors (Lipinski definition) is 3. The minimum absolute atomic E-state index is 0.263. The third-order valence-electron chi connectivity index (χ3n) is 3.03. The zero-order chi connectivity index (χ0) is 15.2. The van der Waals surface area contributed by atoms with Gasteiger partial charge in [0.15, 0.2) is 0 Å². The second kappa shape index (κ2) is 6.90. The molecule has 0 bridgehead atoms. The van der Waals surface area contributed by atoms with Crippen LogP contribution in [-0.2, 0) is 14.3 Å². The highest BCUT2D eigenvalue weighted by Crippen LogP contribution is 2.20. The molecular weight excluding hydrogens is 264 g/mol. The second-order valence-corrected chi connectivity index (χ2v) is 5.84. The number of carboxylic acids is 1. The topological polar surface area (TPSA) is 96.9 Å². The number of carbonyl (C=O) groups is 2. The van der Waals surface area contributed by atoms with E-state index in [-0.39, 0.29) is 18.4 Å². The van der Waals surface area contributed by atoms with E-state index in [4.69, 9.17) is 9.47 Å². The second-order valence-electron chi connectivity index (χ2n) is 5.84. The van der Waals surface area contributed by atoms with Crippen LogP contribution in [0.4, 0.5) is 4.79 Å². The summed E-state index contributed by atoms with van der Waals surface area (Å²) in [5.41, 5.74) is -1.49. The molecule has 1 rings (SSSR count). The van der Waals surface area contributed by atoms with E-state index in [9.17, 15) is 14.7 Å². The number of hydrogen-bond acceptors (Lipinski definition) is 4. The van der Waals surface area contributed by atoms with Gasteiger partial charge in [-0.25, -0.2) is 9.59 Å². The summed E-state index contributed by atoms with van der Waals surface area (Å²) < 4.78 is 10.6. The molecule has 0 saturated carbocycles.